The highest BCUT2D eigenvalue weighted by Gasteiger charge is 2.09. The second-order valence-corrected chi connectivity index (χ2v) is 4.27. The van der Waals surface area contributed by atoms with Crippen molar-refractivity contribution in [1.82, 2.24) is 19.7 Å². The Kier molecular flexibility index (Phi) is 3.25. The fourth-order valence-corrected chi connectivity index (χ4v) is 2.06. The first-order valence-corrected chi connectivity index (χ1v) is 5.64. The van der Waals surface area contributed by atoms with Crippen LogP contribution in [0, 0.1) is 11.3 Å². The molecule has 0 saturated carbocycles. The monoisotopic (exact) mass is 261 g/mol. The third-order valence-corrected chi connectivity index (χ3v) is 3.12. The van der Waals surface area contributed by atoms with Gasteiger partial charge in [0.25, 0.3) is 0 Å². The molecular weight excluding hydrogens is 254 g/mol. The fourth-order valence-electron chi connectivity index (χ4n) is 1.21. The molecule has 7 nitrogen and oxygen atoms in total. The van der Waals surface area contributed by atoms with Gasteiger partial charge in [-0.15, -0.1) is 0 Å². The Morgan fingerprint density at radius 3 is 3.00 bits per heavy atom. The summed E-state index contributed by atoms with van der Waals surface area (Å²) in [6.45, 7) is 0. The molecule has 2 aromatic heterocycles. The Bertz CT molecular complexity index is 743. The standard InChI is InChI=1S/C10H7N5O2S/c1-15-10(13-8(16)9(17)14-15)18-7-3-2-4-12-6(7)5-11/h2-4H,1H3,(H,14,17). The molecule has 0 fully saturated rings. The molecule has 0 saturated heterocycles. The number of rotatable bonds is 2. The van der Waals surface area contributed by atoms with Gasteiger partial charge in [0, 0.05) is 13.2 Å². The summed E-state index contributed by atoms with van der Waals surface area (Å²) in [6, 6.07) is 5.30. The topological polar surface area (TPSA) is 104 Å². The maximum Gasteiger partial charge on any atom is 0.339 e. The van der Waals surface area contributed by atoms with Crippen molar-refractivity contribution in [1.29, 1.82) is 5.26 Å². The van der Waals surface area contributed by atoms with E-state index in [0.717, 1.165) is 11.8 Å². The number of nitrogens with zero attached hydrogens (tertiary/aromatic N) is 4. The Labute approximate surface area is 105 Å². The zero-order valence-corrected chi connectivity index (χ0v) is 10.1. The molecule has 18 heavy (non-hydrogen) atoms. The first-order chi connectivity index (χ1) is 8.61. The quantitative estimate of drug-likeness (QED) is 0.756. The summed E-state index contributed by atoms with van der Waals surface area (Å²) < 4.78 is 1.32. The maximum absolute atomic E-state index is 11.2. The molecular formula is C10H7N5O2S. The van der Waals surface area contributed by atoms with Crippen LogP contribution in [0.15, 0.2) is 38.0 Å². The van der Waals surface area contributed by atoms with Crippen molar-refractivity contribution in [3.63, 3.8) is 0 Å². The van der Waals surface area contributed by atoms with Crippen molar-refractivity contribution in [2.45, 2.75) is 10.1 Å². The minimum Gasteiger partial charge on any atom is -0.265 e. The van der Waals surface area contributed by atoms with Crippen molar-refractivity contribution in [3.05, 3.63) is 44.7 Å². The van der Waals surface area contributed by atoms with Crippen molar-refractivity contribution in [2.75, 3.05) is 0 Å². The van der Waals surface area contributed by atoms with Crippen LogP contribution in [0.1, 0.15) is 5.69 Å². The Hall–Kier alpha value is -2.40. The number of hydrogen-bond acceptors (Lipinski definition) is 6. The van der Waals surface area contributed by atoms with Gasteiger partial charge in [0.2, 0.25) is 0 Å². The normalized spacial score (nSPS) is 10.0. The van der Waals surface area contributed by atoms with Crippen molar-refractivity contribution in [3.8, 4) is 6.07 Å². The number of nitrogens with one attached hydrogen (secondary N) is 1. The number of aromatic amines is 1. The summed E-state index contributed by atoms with van der Waals surface area (Å²) in [7, 11) is 1.55. The van der Waals surface area contributed by atoms with Gasteiger partial charge < -0.3 is 0 Å². The molecule has 2 heterocycles. The lowest BCUT2D eigenvalue weighted by Crippen LogP contribution is -2.33. The van der Waals surface area contributed by atoms with E-state index < -0.39 is 11.1 Å². The predicted molar refractivity (Wildman–Crippen MR) is 63.2 cm³/mol. The van der Waals surface area contributed by atoms with Crippen molar-refractivity contribution in [2.24, 2.45) is 7.05 Å². The smallest absolute Gasteiger partial charge is 0.265 e. The highest BCUT2D eigenvalue weighted by Crippen LogP contribution is 2.25. The summed E-state index contributed by atoms with van der Waals surface area (Å²) in [4.78, 5) is 30.3. The van der Waals surface area contributed by atoms with Crippen LogP contribution in [0.4, 0.5) is 0 Å². The van der Waals surface area contributed by atoms with Crippen LogP contribution < -0.4 is 11.1 Å². The number of nitriles is 1. The summed E-state index contributed by atoms with van der Waals surface area (Å²) in [5, 5.41) is 11.5. The van der Waals surface area contributed by atoms with E-state index in [-0.39, 0.29) is 10.9 Å². The highest BCUT2D eigenvalue weighted by molar-refractivity contribution is 7.99. The third kappa shape index (κ3) is 2.31. The van der Waals surface area contributed by atoms with Crippen LogP contribution in [-0.4, -0.2) is 19.7 Å². The van der Waals surface area contributed by atoms with Crippen molar-refractivity contribution >= 4 is 11.8 Å². The molecule has 0 bridgehead atoms. The molecule has 0 amide bonds. The van der Waals surface area contributed by atoms with Gasteiger partial charge in [-0.05, 0) is 23.9 Å². The summed E-state index contributed by atoms with van der Waals surface area (Å²) >= 11 is 1.08. The SMILES string of the molecule is Cn1[nH]c(=O)c(=O)nc1Sc1cccnc1C#N. The Morgan fingerprint density at radius 2 is 2.28 bits per heavy atom. The summed E-state index contributed by atoms with van der Waals surface area (Å²) in [5.41, 5.74) is -1.41. The molecule has 90 valence electrons. The molecule has 0 aliphatic rings. The van der Waals surface area contributed by atoms with Gasteiger partial charge >= 0.3 is 11.1 Å². The van der Waals surface area contributed by atoms with E-state index >= 15 is 0 Å². The van der Waals surface area contributed by atoms with Gasteiger partial charge in [0.1, 0.15) is 6.07 Å². The molecule has 0 unspecified atom stereocenters. The predicted octanol–water partition coefficient (Wildman–Crippen LogP) is -0.114. The van der Waals surface area contributed by atoms with Crippen LogP contribution in [0.5, 0.6) is 0 Å². The van der Waals surface area contributed by atoms with Crippen LogP contribution in [-0.2, 0) is 7.05 Å². The molecule has 2 rings (SSSR count). The van der Waals surface area contributed by atoms with E-state index in [0.29, 0.717) is 4.90 Å². The molecule has 0 atom stereocenters. The Morgan fingerprint density at radius 1 is 1.50 bits per heavy atom. The summed E-state index contributed by atoms with van der Waals surface area (Å²) in [6.07, 6.45) is 1.50. The molecule has 0 aromatic carbocycles. The third-order valence-electron chi connectivity index (χ3n) is 2.03. The number of H-pyrrole nitrogens is 1. The first kappa shape index (κ1) is 12.1. The molecule has 8 heteroatoms. The zero-order chi connectivity index (χ0) is 13.1. The molecule has 1 N–H and O–H groups in total. The Balaban J connectivity index is 2.47. The highest BCUT2D eigenvalue weighted by atomic mass is 32.2. The largest absolute Gasteiger partial charge is 0.339 e. The van der Waals surface area contributed by atoms with Gasteiger partial charge in [-0.2, -0.15) is 10.2 Å². The van der Waals surface area contributed by atoms with Gasteiger partial charge in [-0.3, -0.25) is 19.4 Å². The molecule has 0 aliphatic carbocycles. The molecule has 0 spiro atoms. The van der Waals surface area contributed by atoms with Gasteiger partial charge in [0.05, 0.1) is 4.90 Å². The lowest BCUT2D eigenvalue weighted by Gasteiger charge is -2.05. The molecule has 0 radical (unpaired) electrons. The number of aryl methyl sites for hydroxylation is 1. The minimum absolute atomic E-state index is 0.239. The fraction of sp³-hybridized carbons (Fsp3) is 0.100. The van der Waals surface area contributed by atoms with E-state index in [1.165, 1.54) is 10.9 Å². The lowest BCUT2D eigenvalue weighted by atomic mass is 10.4. The van der Waals surface area contributed by atoms with Crippen molar-refractivity contribution < 1.29 is 0 Å². The molecule has 2 aromatic rings. The maximum atomic E-state index is 11.2. The van der Waals surface area contributed by atoms with Gasteiger partial charge in [0.15, 0.2) is 10.9 Å². The number of hydrogen-bond donors (Lipinski definition) is 1. The van der Waals surface area contributed by atoms with E-state index in [1.807, 2.05) is 6.07 Å². The van der Waals surface area contributed by atoms with Crippen LogP contribution in [0.25, 0.3) is 0 Å². The zero-order valence-electron chi connectivity index (χ0n) is 9.25. The van der Waals surface area contributed by atoms with Crippen LogP contribution >= 0.6 is 11.8 Å². The number of pyridine rings is 1. The van der Waals surface area contributed by atoms with E-state index in [2.05, 4.69) is 15.1 Å². The van der Waals surface area contributed by atoms with E-state index in [9.17, 15) is 9.59 Å². The summed E-state index contributed by atoms with van der Waals surface area (Å²) in [5.74, 6) is 0. The average Bonchev–Trinajstić information content (AvgIpc) is 2.36. The minimum atomic E-state index is -0.863. The number of aromatic nitrogens is 4. The lowest BCUT2D eigenvalue weighted by molar-refractivity contribution is 0.596. The second-order valence-electron chi connectivity index (χ2n) is 3.26. The van der Waals surface area contributed by atoms with Gasteiger partial charge in [-0.1, -0.05) is 0 Å². The molecule has 0 aliphatic heterocycles. The van der Waals surface area contributed by atoms with Gasteiger partial charge in [-0.25, -0.2) is 4.98 Å². The first-order valence-electron chi connectivity index (χ1n) is 4.82. The second kappa shape index (κ2) is 4.85. The average molecular weight is 261 g/mol. The van der Waals surface area contributed by atoms with Crippen LogP contribution in [0.3, 0.4) is 0 Å². The van der Waals surface area contributed by atoms with E-state index in [1.54, 1.807) is 19.2 Å². The van der Waals surface area contributed by atoms with Crippen LogP contribution in [0.2, 0.25) is 0 Å². The van der Waals surface area contributed by atoms with E-state index in [4.69, 9.17) is 5.26 Å².